The summed E-state index contributed by atoms with van der Waals surface area (Å²) in [6, 6.07) is 10.2. The van der Waals surface area contributed by atoms with Crippen molar-refractivity contribution in [1.82, 2.24) is 20.4 Å². The van der Waals surface area contributed by atoms with Crippen molar-refractivity contribution in [1.29, 1.82) is 0 Å². The van der Waals surface area contributed by atoms with Gasteiger partial charge in [0.1, 0.15) is 0 Å². The molecule has 1 unspecified atom stereocenters. The van der Waals surface area contributed by atoms with Crippen LogP contribution < -0.4 is 10.6 Å². The summed E-state index contributed by atoms with van der Waals surface area (Å²) in [6.07, 6.45) is 7.55. The first-order valence-corrected chi connectivity index (χ1v) is 13.0. The molecule has 2 amide bonds. The van der Waals surface area contributed by atoms with Gasteiger partial charge in [0, 0.05) is 51.1 Å². The van der Waals surface area contributed by atoms with Crippen LogP contribution in [-0.4, -0.2) is 67.9 Å². The summed E-state index contributed by atoms with van der Waals surface area (Å²) >= 11 is 0. The highest BCUT2D eigenvalue weighted by Crippen LogP contribution is 2.60. The Morgan fingerprint density at radius 2 is 1.58 bits per heavy atom. The summed E-state index contributed by atoms with van der Waals surface area (Å²) in [5.41, 5.74) is 1.00. The van der Waals surface area contributed by atoms with Gasteiger partial charge in [-0.25, -0.2) is 0 Å². The van der Waals surface area contributed by atoms with Crippen LogP contribution in [0.5, 0.6) is 0 Å². The number of rotatable bonds is 8. The first-order chi connectivity index (χ1) is 16.0. The maximum absolute atomic E-state index is 13.2. The van der Waals surface area contributed by atoms with Crippen molar-refractivity contribution >= 4 is 11.8 Å². The van der Waals surface area contributed by atoms with E-state index in [-0.39, 0.29) is 23.3 Å². The van der Waals surface area contributed by atoms with Crippen LogP contribution in [0.15, 0.2) is 30.3 Å². The molecule has 33 heavy (non-hydrogen) atoms. The van der Waals surface area contributed by atoms with Crippen molar-refractivity contribution in [2.45, 2.75) is 51.0 Å². The maximum Gasteiger partial charge on any atom is 0.226 e. The molecular formula is C27H40N4O2. The van der Waals surface area contributed by atoms with E-state index >= 15 is 0 Å². The SMILES string of the molecule is CN1CCN(CC(NC(=O)CCNC(=O)C23CC4CC(CC(C4)C2)C3)c2ccccc2)CC1. The van der Waals surface area contributed by atoms with Gasteiger partial charge in [0.25, 0.3) is 0 Å². The molecule has 1 aliphatic heterocycles. The number of hydrogen-bond donors (Lipinski definition) is 2. The molecule has 4 saturated carbocycles. The highest BCUT2D eigenvalue weighted by Gasteiger charge is 2.54. The summed E-state index contributed by atoms with van der Waals surface area (Å²) in [4.78, 5) is 30.8. The molecule has 1 aromatic carbocycles. The van der Waals surface area contributed by atoms with Gasteiger partial charge in [-0.1, -0.05) is 30.3 Å². The van der Waals surface area contributed by atoms with Gasteiger partial charge in [-0.05, 0) is 68.9 Å². The zero-order chi connectivity index (χ0) is 22.8. The summed E-state index contributed by atoms with van der Waals surface area (Å²) in [5, 5.41) is 6.41. The maximum atomic E-state index is 13.2. The van der Waals surface area contributed by atoms with Crippen LogP contribution in [-0.2, 0) is 9.59 Å². The Labute approximate surface area is 198 Å². The Hall–Kier alpha value is -1.92. The molecule has 5 aliphatic rings. The quantitative estimate of drug-likeness (QED) is 0.637. The normalized spacial score (nSPS) is 32.5. The molecule has 4 aliphatic carbocycles. The molecule has 1 heterocycles. The predicted octanol–water partition coefficient (Wildman–Crippen LogP) is 2.81. The van der Waals surface area contributed by atoms with E-state index in [0.29, 0.717) is 13.0 Å². The minimum atomic E-state index is -0.140. The first-order valence-electron chi connectivity index (χ1n) is 13.0. The van der Waals surface area contributed by atoms with E-state index in [4.69, 9.17) is 0 Å². The highest BCUT2D eigenvalue weighted by molar-refractivity contribution is 5.84. The van der Waals surface area contributed by atoms with Gasteiger partial charge < -0.3 is 15.5 Å². The molecule has 4 bridgehead atoms. The lowest BCUT2D eigenvalue weighted by atomic mass is 9.49. The number of benzene rings is 1. The lowest BCUT2D eigenvalue weighted by Crippen LogP contribution is -2.53. The lowest BCUT2D eigenvalue weighted by molar-refractivity contribution is -0.146. The summed E-state index contributed by atoms with van der Waals surface area (Å²) in [5.74, 6) is 2.50. The zero-order valence-corrected chi connectivity index (χ0v) is 20.1. The van der Waals surface area contributed by atoms with Crippen molar-refractivity contribution < 1.29 is 9.59 Å². The molecule has 6 heteroatoms. The first kappa shape index (κ1) is 22.9. The molecule has 0 spiro atoms. The smallest absolute Gasteiger partial charge is 0.226 e. The number of likely N-dealkylation sites (N-methyl/N-ethyl adjacent to an activating group) is 1. The average molecular weight is 453 g/mol. The second-order valence-electron chi connectivity index (χ2n) is 11.3. The van der Waals surface area contributed by atoms with Crippen LogP contribution in [0, 0.1) is 23.2 Å². The Balaban J connectivity index is 1.13. The molecular weight excluding hydrogens is 412 g/mol. The molecule has 1 aromatic rings. The van der Waals surface area contributed by atoms with Crippen LogP contribution in [0.4, 0.5) is 0 Å². The van der Waals surface area contributed by atoms with E-state index in [0.717, 1.165) is 75.3 Å². The number of nitrogens with zero attached hydrogens (tertiary/aromatic N) is 2. The Kier molecular flexibility index (Phi) is 6.75. The number of carbonyl (C=O) groups is 2. The monoisotopic (exact) mass is 452 g/mol. The minimum absolute atomic E-state index is 0.0174. The van der Waals surface area contributed by atoms with Gasteiger partial charge >= 0.3 is 0 Å². The number of carbonyl (C=O) groups excluding carboxylic acids is 2. The van der Waals surface area contributed by atoms with Crippen molar-refractivity contribution in [2.75, 3.05) is 46.3 Å². The van der Waals surface area contributed by atoms with Crippen LogP contribution >= 0.6 is 0 Å². The summed E-state index contributed by atoms with van der Waals surface area (Å²) in [6.45, 7) is 5.43. The largest absolute Gasteiger partial charge is 0.355 e. The second kappa shape index (κ2) is 9.75. The third-order valence-corrected chi connectivity index (χ3v) is 8.73. The van der Waals surface area contributed by atoms with Gasteiger partial charge in [-0.15, -0.1) is 0 Å². The number of amides is 2. The number of nitrogens with one attached hydrogen (secondary N) is 2. The molecule has 0 aromatic heterocycles. The summed E-state index contributed by atoms with van der Waals surface area (Å²) < 4.78 is 0. The van der Waals surface area contributed by atoms with Gasteiger partial charge in [0.2, 0.25) is 11.8 Å². The third-order valence-electron chi connectivity index (χ3n) is 8.73. The molecule has 6 rings (SSSR count). The van der Waals surface area contributed by atoms with E-state index in [1.165, 1.54) is 19.3 Å². The summed E-state index contributed by atoms with van der Waals surface area (Å²) in [7, 11) is 2.16. The van der Waals surface area contributed by atoms with Gasteiger partial charge in [-0.3, -0.25) is 14.5 Å². The molecule has 1 saturated heterocycles. The van der Waals surface area contributed by atoms with Crippen LogP contribution in [0.1, 0.15) is 56.6 Å². The Morgan fingerprint density at radius 1 is 0.970 bits per heavy atom. The fourth-order valence-electron chi connectivity index (χ4n) is 7.34. The fraction of sp³-hybridized carbons (Fsp3) is 0.704. The molecule has 2 N–H and O–H groups in total. The molecule has 1 atom stereocenters. The molecule has 5 fully saturated rings. The van der Waals surface area contributed by atoms with Crippen LogP contribution in [0.2, 0.25) is 0 Å². The van der Waals surface area contributed by atoms with E-state index in [9.17, 15) is 9.59 Å². The average Bonchev–Trinajstić information content (AvgIpc) is 2.80. The number of hydrogen-bond acceptors (Lipinski definition) is 4. The molecule has 6 nitrogen and oxygen atoms in total. The van der Waals surface area contributed by atoms with Crippen molar-refractivity contribution in [2.24, 2.45) is 23.2 Å². The highest BCUT2D eigenvalue weighted by atomic mass is 16.2. The zero-order valence-electron chi connectivity index (χ0n) is 20.1. The van der Waals surface area contributed by atoms with E-state index < -0.39 is 0 Å². The second-order valence-corrected chi connectivity index (χ2v) is 11.3. The van der Waals surface area contributed by atoms with Gasteiger partial charge in [0.15, 0.2) is 0 Å². The van der Waals surface area contributed by atoms with E-state index in [1.807, 2.05) is 18.2 Å². The van der Waals surface area contributed by atoms with Gasteiger partial charge in [-0.2, -0.15) is 0 Å². The van der Waals surface area contributed by atoms with Crippen LogP contribution in [0.25, 0.3) is 0 Å². The minimum Gasteiger partial charge on any atom is -0.355 e. The third kappa shape index (κ3) is 5.27. The Morgan fingerprint density at radius 3 is 2.18 bits per heavy atom. The number of piperazine rings is 1. The predicted molar refractivity (Wildman–Crippen MR) is 129 cm³/mol. The van der Waals surface area contributed by atoms with Crippen molar-refractivity contribution in [3.8, 4) is 0 Å². The lowest BCUT2D eigenvalue weighted by Gasteiger charge is -2.55. The Bertz CT molecular complexity index is 798. The molecule has 0 radical (unpaired) electrons. The topological polar surface area (TPSA) is 64.7 Å². The van der Waals surface area contributed by atoms with E-state index in [2.05, 4.69) is 39.6 Å². The molecule has 180 valence electrons. The van der Waals surface area contributed by atoms with E-state index in [1.54, 1.807) is 0 Å². The van der Waals surface area contributed by atoms with Crippen molar-refractivity contribution in [3.05, 3.63) is 35.9 Å². The standard InChI is InChI=1S/C27H40N4O2/c1-30-9-11-31(12-10-30)19-24(23-5-3-2-4-6-23)29-25(32)7-8-28-26(33)27-16-20-13-21(17-27)15-22(14-20)18-27/h2-6,20-22,24H,7-19H2,1H3,(H,28,33)(H,29,32). The fourth-order valence-corrected chi connectivity index (χ4v) is 7.34. The van der Waals surface area contributed by atoms with Gasteiger partial charge in [0.05, 0.1) is 6.04 Å². The van der Waals surface area contributed by atoms with Crippen LogP contribution in [0.3, 0.4) is 0 Å². The van der Waals surface area contributed by atoms with Crippen molar-refractivity contribution in [3.63, 3.8) is 0 Å².